The highest BCUT2D eigenvalue weighted by Crippen LogP contribution is 2.21. The van der Waals surface area contributed by atoms with Crippen molar-refractivity contribution >= 4 is 23.3 Å². The summed E-state index contributed by atoms with van der Waals surface area (Å²) in [6, 6.07) is 4.60. The Labute approximate surface area is 93.4 Å². The summed E-state index contributed by atoms with van der Waals surface area (Å²) >= 11 is 5.79. The van der Waals surface area contributed by atoms with Crippen molar-refractivity contribution in [1.29, 1.82) is 0 Å². The molecule has 0 fully saturated rings. The van der Waals surface area contributed by atoms with Crippen molar-refractivity contribution in [3.05, 3.63) is 41.4 Å². The second-order valence-electron chi connectivity index (χ2n) is 3.16. The van der Waals surface area contributed by atoms with Crippen molar-refractivity contribution in [2.45, 2.75) is 13.0 Å². The molecule has 1 rings (SSSR count). The normalized spacial score (nSPS) is 11.9. The summed E-state index contributed by atoms with van der Waals surface area (Å²) in [5.74, 6) is -0.981. The molecule has 80 valence electrons. The van der Waals surface area contributed by atoms with Gasteiger partial charge in [0.1, 0.15) is 0 Å². The highest BCUT2D eigenvalue weighted by atomic mass is 35.5. The quantitative estimate of drug-likeness (QED) is 0.775. The van der Waals surface area contributed by atoms with Crippen LogP contribution in [0.15, 0.2) is 30.9 Å². The van der Waals surface area contributed by atoms with Gasteiger partial charge in [-0.3, -0.25) is 0 Å². The van der Waals surface area contributed by atoms with E-state index in [1.54, 1.807) is 18.2 Å². The fourth-order valence-electron chi connectivity index (χ4n) is 1.13. The van der Waals surface area contributed by atoms with Crippen LogP contribution in [-0.2, 0) is 0 Å². The van der Waals surface area contributed by atoms with Gasteiger partial charge in [0.05, 0.1) is 11.3 Å². The van der Waals surface area contributed by atoms with Gasteiger partial charge in [-0.25, -0.2) is 4.79 Å². The maximum Gasteiger partial charge on any atom is 0.337 e. The number of carboxylic acids is 1. The maximum atomic E-state index is 10.9. The Bertz CT molecular complexity index is 390. The molecule has 4 heteroatoms. The number of carbonyl (C=O) groups is 1. The molecule has 0 aromatic heterocycles. The fourth-order valence-corrected chi connectivity index (χ4v) is 1.30. The van der Waals surface area contributed by atoms with Crippen molar-refractivity contribution in [3.63, 3.8) is 0 Å². The number of anilines is 1. The van der Waals surface area contributed by atoms with Crippen molar-refractivity contribution in [2.75, 3.05) is 5.32 Å². The summed E-state index contributed by atoms with van der Waals surface area (Å²) in [5, 5.41) is 12.4. The second-order valence-corrected chi connectivity index (χ2v) is 3.60. The van der Waals surface area contributed by atoms with Crippen LogP contribution in [0.25, 0.3) is 0 Å². The van der Waals surface area contributed by atoms with Crippen molar-refractivity contribution in [2.24, 2.45) is 0 Å². The molecule has 3 nitrogen and oxygen atoms in total. The van der Waals surface area contributed by atoms with Gasteiger partial charge in [0.25, 0.3) is 0 Å². The third-order valence-electron chi connectivity index (χ3n) is 1.95. The Morgan fingerprint density at radius 3 is 2.87 bits per heavy atom. The summed E-state index contributed by atoms with van der Waals surface area (Å²) in [5.41, 5.74) is 0.704. The van der Waals surface area contributed by atoms with Gasteiger partial charge in [-0.1, -0.05) is 17.7 Å². The van der Waals surface area contributed by atoms with E-state index in [-0.39, 0.29) is 11.6 Å². The lowest BCUT2D eigenvalue weighted by Crippen LogP contribution is -2.14. The summed E-state index contributed by atoms with van der Waals surface area (Å²) in [6.07, 6.45) is 1.69. The van der Waals surface area contributed by atoms with E-state index in [2.05, 4.69) is 11.9 Å². The van der Waals surface area contributed by atoms with Crippen LogP contribution in [0.4, 0.5) is 5.69 Å². The molecule has 0 aliphatic carbocycles. The smallest absolute Gasteiger partial charge is 0.337 e. The molecule has 1 unspecified atom stereocenters. The Hall–Kier alpha value is -1.48. The first-order chi connectivity index (χ1) is 7.04. The van der Waals surface area contributed by atoms with Gasteiger partial charge in [-0.2, -0.15) is 0 Å². The molecule has 1 aromatic carbocycles. The molecular weight excluding hydrogens is 214 g/mol. The zero-order valence-electron chi connectivity index (χ0n) is 8.33. The first kappa shape index (κ1) is 11.6. The van der Waals surface area contributed by atoms with Gasteiger partial charge in [0.2, 0.25) is 0 Å². The van der Waals surface area contributed by atoms with E-state index in [9.17, 15) is 4.79 Å². The van der Waals surface area contributed by atoms with E-state index in [0.29, 0.717) is 10.7 Å². The molecule has 0 spiro atoms. The lowest BCUT2D eigenvalue weighted by Gasteiger charge is -2.13. The molecule has 0 bridgehead atoms. The number of hydrogen-bond acceptors (Lipinski definition) is 2. The van der Waals surface area contributed by atoms with E-state index in [1.165, 1.54) is 6.07 Å². The van der Waals surface area contributed by atoms with Crippen molar-refractivity contribution < 1.29 is 9.90 Å². The largest absolute Gasteiger partial charge is 0.478 e. The van der Waals surface area contributed by atoms with E-state index < -0.39 is 5.97 Å². The minimum Gasteiger partial charge on any atom is -0.478 e. The molecular formula is C11H12ClNO2. The number of benzene rings is 1. The molecule has 0 radical (unpaired) electrons. The van der Waals surface area contributed by atoms with Gasteiger partial charge < -0.3 is 10.4 Å². The Kier molecular flexibility index (Phi) is 3.74. The summed E-state index contributed by atoms with van der Waals surface area (Å²) in [4.78, 5) is 10.9. The molecule has 15 heavy (non-hydrogen) atoms. The molecule has 2 N–H and O–H groups in total. The average molecular weight is 226 g/mol. The third-order valence-corrected chi connectivity index (χ3v) is 2.18. The van der Waals surface area contributed by atoms with Gasteiger partial charge in [-0.05, 0) is 25.1 Å². The van der Waals surface area contributed by atoms with Crippen molar-refractivity contribution in [1.82, 2.24) is 0 Å². The maximum absolute atomic E-state index is 10.9. The number of rotatable bonds is 4. The van der Waals surface area contributed by atoms with Crippen LogP contribution in [0.2, 0.25) is 5.02 Å². The van der Waals surface area contributed by atoms with Crippen LogP contribution in [0, 0.1) is 0 Å². The predicted molar refractivity (Wildman–Crippen MR) is 61.7 cm³/mol. The first-order valence-electron chi connectivity index (χ1n) is 4.46. The van der Waals surface area contributed by atoms with E-state index in [0.717, 1.165) is 0 Å². The standard InChI is InChI=1S/C11H12ClNO2/c1-3-7(2)13-10-6-8(12)4-5-9(10)11(14)15/h3-7,13H,1H2,2H3,(H,14,15). The Balaban J connectivity index is 3.07. The predicted octanol–water partition coefficient (Wildman–Crippen LogP) is 3.02. The van der Waals surface area contributed by atoms with Crippen LogP contribution in [0.5, 0.6) is 0 Å². The van der Waals surface area contributed by atoms with Crippen LogP contribution in [0.3, 0.4) is 0 Å². The van der Waals surface area contributed by atoms with Crippen LogP contribution < -0.4 is 5.32 Å². The highest BCUT2D eigenvalue weighted by Gasteiger charge is 2.11. The lowest BCUT2D eigenvalue weighted by molar-refractivity contribution is 0.0698. The van der Waals surface area contributed by atoms with Gasteiger partial charge in [0, 0.05) is 11.1 Å². The topological polar surface area (TPSA) is 49.3 Å². The number of aromatic carboxylic acids is 1. The molecule has 0 saturated heterocycles. The minimum atomic E-state index is -0.981. The summed E-state index contributed by atoms with van der Waals surface area (Å²) in [6.45, 7) is 5.49. The Morgan fingerprint density at radius 2 is 2.33 bits per heavy atom. The monoisotopic (exact) mass is 225 g/mol. The third kappa shape index (κ3) is 2.99. The number of halogens is 1. The van der Waals surface area contributed by atoms with E-state index in [1.807, 2.05) is 6.92 Å². The average Bonchev–Trinajstić information content (AvgIpc) is 2.17. The SMILES string of the molecule is C=CC(C)Nc1cc(Cl)ccc1C(=O)O. The second kappa shape index (κ2) is 4.84. The number of nitrogens with one attached hydrogen (secondary N) is 1. The summed E-state index contributed by atoms with van der Waals surface area (Å²) < 4.78 is 0. The van der Waals surface area contributed by atoms with Gasteiger partial charge in [0.15, 0.2) is 0 Å². The molecule has 0 saturated carbocycles. The highest BCUT2D eigenvalue weighted by molar-refractivity contribution is 6.31. The zero-order chi connectivity index (χ0) is 11.4. The van der Waals surface area contributed by atoms with E-state index >= 15 is 0 Å². The van der Waals surface area contributed by atoms with Gasteiger partial charge >= 0.3 is 5.97 Å². The number of carboxylic acid groups (broad SMARTS) is 1. The van der Waals surface area contributed by atoms with Gasteiger partial charge in [-0.15, -0.1) is 6.58 Å². The Morgan fingerprint density at radius 1 is 1.67 bits per heavy atom. The molecule has 1 atom stereocenters. The molecule has 0 heterocycles. The van der Waals surface area contributed by atoms with Crippen molar-refractivity contribution in [3.8, 4) is 0 Å². The lowest BCUT2D eigenvalue weighted by atomic mass is 10.1. The molecule has 0 aliphatic rings. The molecule has 0 aliphatic heterocycles. The molecule has 0 amide bonds. The van der Waals surface area contributed by atoms with Crippen LogP contribution >= 0.6 is 11.6 Å². The molecule has 1 aromatic rings. The summed E-state index contributed by atoms with van der Waals surface area (Å²) in [7, 11) is 0. The number of hydrogen-bond donors (Lipinski definition) is 2. The zero-order valence-corrected chi connectivity index (χ0v) is 9.08. The minimum absolute atomic E-state index is 0.0124. The van der Waals surface area contributed by atoms with E-state index in [4.69, 9.17) is 16.7 Å². The van der Waals surface area contributed by atoms with Crippen LogP contribution in [-0.4, -0.2) is 17.1 Å². The first-order valence-corrected chi connectivity index (χ1v) is 4.84. The van der Waals surface area contributed by atoms with Crippen LogP contribution in [0.1, 0.15) is 17.3 Å². The fraction of sp³-hybridized carbons (Fsp3) is 0.182.